The summed E-state index contributed by atoms with van der Waals surface area (Å²) in [4.78, 5) is 2.54. The monoisotopic (exact) mass is 245 g/mol. The largest absolute Gasteiger partial charge is 0.396 e. The van der Waals surface area contributed by atoms with Crippen molar-refractivity contribution in [2.75, 3.05) is 19.7 Å². The van der Waals surface area contributed by atoms with E-state index < -0.39 is 0 Å². The summed E-state index contributed by atoms with van der Waals surface area (Å²) in [5.41, 5.74) is 1.61. The maximum atomic E-state index is 9.81. The number of benzene rings is 1. The van der Waals surface area contributed by atoms with Crippen molar-refractivity contribution in [1.29, 1.82) is 0 Å². The third kappa shape index (κ3) is 2.19. The van der Waals surface area contributed by atoms with Crippen LogP contribution in [0.25, 0.3) is 0 Å². The molecule has 2 heteroatoms. The van der Waals surface area contributed by atoms with E-state index in [4.69, 9.17) is 0 Å². The number of likely N-dealkylation sites (tertiary alicyclic amines) is 1. The van der Waals surface area contributed by atoms with Crippen molar-refractivity contribution < 1.29 is 5.11 Å². The molecule has 3 rings (SSSR count). The van der Waals surface area contributed by atoms with Crippen LogP contribution in [0.2, 0.25) is 0 Å². The Labute approximate surface area is 110 Å². The Bertz CT molecular complexity index is 391. The molecule has 0 aromatic heterocycles. The molecule has 0 amide bonds. The summed E-state index contributed by atoms with van der Waals surface area (Å²) in [6.45, 7) is 3.68. The molecule has 2 fully saturated rings. The van der Waals surface area contributed by atoms with Crippen LogP contribution in [0.4, 0.5) is 0 Å². The van der Waals surface area contributed by atoms with Gasteiger partial charge in [0.25, 0.3) is 0 Å². The van der Waals surface area contributed by atoms with Crippen molar-refractivity contribution in [3.63, 3.8) is 0 Å². The summed E-state index contributed by atoms with van der Waals surface area (Å²) < 4.78 is 0. The fourth-order valence-electron chi connectivity index (χ4n) is 3.91. The lowest BCUT2D eigenvalue weighted by Crippen LogP contribution is -2.36. The average Bonchev–Trinajstić information content (AvgIpc) is 2.78. The van der Waals surface area contributed by atoms with Gasteiger partial charge in [0.05, 0.1) is 6.61 Å². The number of fused-ring (bicyclic) bond motifs is 1. The number of rotatable bonds is 3. The highest BCUT2D eigenvalue weighted by molar-refractivity contribution is 5.15. The Morgan fingerprint density at radius 2 is 2.06 bits per heavy atom. The molecule has 98 valence electrons. The Morgan fingerprint density at radius 3 is 2.78 bits per heavy atom. The van der Waals surface area contributed by atoms with Crippen LogP contribution in [0.15, 0.2) is 30.3 Å². The number of aliphatic hydroxyl groups excluding tert-OH is 1. The second-order valence-corrected chi connectivity index (χ2v) is 6.12. The molecule has 1 aliphatic heterocycles. The van der Waals surface area contributed by atoms with Crippen molar-refractivity contribution in [3.8, 4) is 0 Å². The molecule has 18 heavy (non-hydrogen) atoms. The molecular weight excluding hydrogens is 222 g/mol. The van der Waals surface area contributed by atoms with Crippen LogP contribution in [-0.2, 0) is 6.54 Å². The van der Waals surface area contributed by atoms with E-state index in [9.17, 15) is 5.11 Å². The van der Waals surface area contributed by atoms with Gasteiger partial charge in [0.1, 0.15) is 0 Å². The Hall–Kier alpha value is -0.860. The minimum absolute atomic E-state index is 0.215. The summed E-state index contributed by atoms with van der Waals surface area (Å²) >= 11 is 0. The van der Waals surface area contributed by atoms with Crippen molar-refractivity contribution >= 4 is 0 Å². The number of hydrogen-bond donors (Lipinski definition) is 1. The SMILES string of the molecule is OC[C@]12CCCC[C@H]1CN(Cc1ccccc1)C2. The highest BCUT2D eigenvalue weighted by atomic mass is 16.3. The molecule has 1 aromatic rings. The molecule has 2 nitrogen and oxygen atoms in total. The zero-order valence-electron chi connectivity index (χ0n) is 11.0. The second kappa shape index (κ2) is 5.02. The minimum atomic E-state index is 0.215. The smallest absolute Gasteiger partial charge is 0.0502 e. The molecule has 0 radical (unpaired) electrons. The second-order valence-electron chi connectivity index (χ2n) is 6.12. The summed E-state index contributed by atoms with van der Waals surface area (Å²) in [7, 11) is 0. The van der Waals surface area contributed by atoms with E-state index in [1.807, 2.05) is 0 Å². The highest BCUT2D eigenvalue weighted by Gasteiger charge is 2.46. The number of nitrogens with zero attached hydrogens (tertiary/aromatic N) is 1. The zero-order chi connectivity index (χ0) is 12.4. The first-order valence-corrected chi connectivity index (χ1v) is 7.19. The third-order valence-electron chi connectivity index (χ3n) is 4.92. The highest BCUT2D eigenvalue weighted by Crippen LogP contribution is 2.46. The van der Waals surface area contributed by atoms with Gasteiger partial charge in [-0.1, -0.05) is 43.2 Å². The summed E-state index contributed by atoms with van der Waals surface area (Å²) in [6, 6.07) is 10.7. The molecule has 1 aromatic carbocycles. The predicted molar refractivity (Wildman–Crippen MR) is 73.2 cm³/mol. The number of aliphatic hydroxyl groups is 1. The molecule has 0 bridgehead atoms. The van der Waals surface area contributed by atoms with Gasteiger partial charge in [-0.05, 0) is 24.3 Å². The van der Waals surface area contributed by atoms with Crippen LogP contribution >= 0.6 is 0 Å². The van der Waals surface area contributed by atoms with Crippen LogP contribution in [0, 0.1) is 11.3 Å². The van der Waals surface area contributed by atoms with Crippen LogP contribution in [-0.4, -0.2) is 29.7 Å². The summed E-state index contributed by atoms with van der Waals surface area (Å²) in [5.74, 6) is 0.722. The Morgan fingerprint density at radius 1 is 1.22 bits per heavy atom. The molecular formula is C16H23NO. The average molecular weight is 245 g/mol. The first kappa shape index (κ1) is 12.2. The van der Waals surface area contributed by atoms with Crippen LogP contribution in [0.1, 0.15) is 31.2 Å². The zero-order valence-corrected chi connectivity index (χ0v) is 11.0. The third-order valence-corrected chi connectivity index (χ3v) is 4.92. The van der Waals surface area contributed by atoms with E-state index in [-0.39, 0.29) is 5.41 Å². The topological polar surface area (TPSA) is 23.5 Å². The molecule has 1 saturated heterocycles. The molecule has 1 saturated carbocycles. The van der Waals surface area contributed by atoms with Crippen molar-refractivity contribution in [2.45, 2.75) is 32.2 Å². The Kier molecular flexibility index (Phi) is 3.40. The molecule has 2 atom stereocenters. The first-order valence-electron chi connectivity index (χ1n) is 7.19. The van der Waals surface area contributed by atoms with Gasteiger partial charge >= 0.3 is 0 Å². The fourth-order valence-corrected chi connectivity index (χ4v) is 3.91. The lowest BCUT2D eigenvalue weighted by molar-refractivity contribution is 0.0580. The fraction of sp³-hybridized carbons (Fsp3) is 0.625. The van der Waals surface area contributed by atoms with Gasteiger partial charge in [0.15, 0.2) is 0 Å². The normalized spacial score (nSPS) is 32.4. The summed E-state index contributed by atoms with van der Waals surface area (Å²) in [5, 5.41) is 9.81. The van der Waals surface area contributed by atoms with Crippen molar-refractivity contribution in [3.05, 3.63) is 35.9 Å². The van der Waals surface area contributed by atoms with Crippen molar-refractivity contribution in [1.82, 2.24) is 4.90 Å². The standard InChI is InChI=1S/C16H23NO/c18-13-16-9-5-4-8-15(16)11-17(12-16)10-14-6-2-1-3-7-14/h1-3,6-7,15,18H,4-5,8-13H2/t15-,16+/m0/s1. The van der Waals surface area contributed by atoms with E-state index in [1.165, 1.54) is 37.8 Å². The van der Waals surface area contributed by atoms with Gasteiger partial charge in [-0.25, -0.2) is 0 Å². The van der Waals surface area contributed by atoms with Gasteiger partial charge in [-0.15, -0.1) is 0 Å². The maximum absolute atomic E-state index is 9.81. The van der Waals surface area contributed by atoms with E-state index in [0.717, 1.165) is 19.0 Å². The quantitative estimate of drug-likeness (QED) is 0.885. The molecule has 1 aliphatic carbocycles. The van der Waals surface area contributed by atoms with Gasteiger partial charge in [-0.2, -0.15) is 0 Å². The van der Waals surface area contributed by atoms with E-state index in [0.29, 0.717) is 6.61 Å². The first-order chi connectivity index (χ1) is 8.82. The maximum Gasteiger partial charge on any atom is 0.0502 e. The van der Waals surface area contributed by atoms with Gasteiger partial charge in [0.2, 0.25) is 0 Å². The number of hydrogen-bond acceptors (Lipinski definition) is 2. The van der Waals surface area contributed by atoms with Crippen LogP contribution < -0.4 is 0 Å². The summed E-state index contributed by atoms with van der Waals surface area (Å²) in [6.07, 6.45) is 5.19. The molecule has 1 N–H and O–H groups in total. The van der Waals surface area contributed by atoms with Gasteiger partial charge < -0.3 is 5.11 Å². The van der Waals surface area contributed by atoms with E-state index in [1.54, 1.807) is 0 Å². The van der Waals surface area contributed by atoms with Crippen LogP contribution in [0.5, 0.6) is 0 Å². The van der Waals surface area contributed by atoms with Gasteiger partial charge in [0, 0.05) is 25.0 Å². The lowest BCUT2D eigenvalue weighted by Gasteiger charge is -2.37. The lowest BCUT2D eigenvalue weighted by atomic mass is 9.69. The van der Waals surface area contributed by atoms with E-state index in [2.05, 4.69) is 35.2 Å². The van der Waals surface area contributed by atoms with Crippen molar-refractivity contribution in [2.24, 2.45) is 11.3 Å². The Balaban J connectivity index is 1.70. The predicted octanol–water partition coefficient (Wildman–Crippen LogP) is 2.67. The molecule has 0 spiro atoms. The van der Waals surface area contributed by atoms with Crippen LogP contribution in [0.3, 0.4) is 0 Å². The van der Waals surface area contributed by atoms with Gasteiger partial charge in [-0.3, -0.25) is 4.90 Å². The molecule has 0 unspecified atom stereocenters. The molecule has 2 aliphatic rings. The molecule has 1 heterocycles. The minimum Gasteiger partial charge on any atom is -0.396 e. The van der Waals surface area contributed by atoms with E-state index >= 15 is 0 Å².